The lowest BCUT2D eigenvalue weighted by Crippen LogP contribution is -3.09. The van der Waals surface area contributed by atoms with Crippen LogP contribution in [-0.4, -0.2) is 25.5 Å². The van der Waals surface area contributed by atoms with Crippen molar-refractivity contribution in [1.29, 1.82) is 0 Å². The highest BCUT2D eigenvalue weighted by Gasteiger charge is 2.23. The first kappa shape index (κ1) is 16.0. The van der Waals surface area contributed by atoms with E-state index < -0.39 is 0 Å². The maximum absolute atomic E-state index is 12.9. The predicted octanol–water partition coefficient (Wildman–Crippen LogP) is 1.54. The number of rotatable bonds is 5. The second-order valence-corrected chi connectivity index (χ2v) is 6.37. The highest BCUT2D eigenvalue weighted by atomic mass is 19.1. The highest BCUT2D eigenvalue weighted by molar-refractivity contribution is 5.77. The fourth-order valence-electron chi connectivity index (χ4n) is 3.08. The molecule has 0 aromatic heterocycles. The molecule has 2 N–H and O–H groups in total. The minimum Gasteiger partial charge on any atom is -0.348 e. The minimum absolute atomic E-state index is 0.119. The van der Waals surface area contributed by atoms with Crippen molar-refractivity contribution in [2.45, 2.75) is 45.2 Å². The monoisotopic (exact) mass is 293 g/mol. The molecule has 0 spiro atoms. The lowest BCUT2D eigenvalue weighted by atomic mass is 9.86. The molecule has 0 aliphatic heterocycles. The first-order valence-corrected chi connectivity index (χ1v) is 7.89. The summed E-state index contributed by atoms with van der Waals surface area (Å²) in [4.78, 5) is 13.2. The molecule has 0 radical (unpaired) electrons. The number of quaternary nitrogens is 1. The van der Waals surface area contributed by atoms with Crippen molar-refractivity contribution in [2.24, 2.45) is 5.92 Å². The molecule has 3 atom stereocenters. The van der Waals surface area contributed by atoms with Crippen LogP contribution in [0.3, 0.4) is 0 Å². The van der Waals surface area contributed by atoms with Crippen LogP contribution in [0.5, 0.6) is 0 Å². The maximum atomic E-state index is 12.9. The number of benzene rings is 1. The summed E-state index contributed by atoms with van der Waals surface area (Å²) in [6.45, 7) is 3.41. The summed E-state index contributed by atoms with van der Waals surface area (Å²) >= 11 is 0. The zero-order valence-corrected chi connectivity index (χ0v) is 13.0. The SMILES string of the molecule is C[C@H]1CCCC[C@H]1NC(=O)C[NH+](C)Cc1ccc(F)cc1. The van der Waals surface area contributed by atoms with Crippen molar-refractivity contribution >= 4 is 5.91 Å². The van der Waals surface area contributed by atoms with Gasteiger partial charge in [-0.05, 0) is 30.9 Å². The first-order valence-electron chi connectivity index (χ1n) is 7.89. The van der Waals surface area contributed by atoms with Gasteiger partial charge in [-0.1, -0.05) is 31.9 Å². The van der Waals surface area contributed by atoms with E-state index in [2.05, 4.69) is 12.2 Å². The van der Waals surface area contributed by atoms with E-state index in [9.17, 15) is 9.18 Å². The number of carbonyl (C=O) groups excluding carboxylic acids is 1. The molecule has 0 bridgehead atoms. The summed E-state index contributed by atoms with van der Waals surface area (Å²) in [6, 6.07) is 6.82. The molecule has 0 saturated heterocycles. The van der Waals surface area contributed by atoms with Crippen LogP contribution in [0.2, 0.25) is 0 Å². The van der Waals surface area contributed by atoms with Gasteiger partial charge >= 0.3 is 0 Å². The Balaban J connectivity index is 1.77. The van der Waals surface area contributed by atoms with Gasteiger partial charge in [0.15, 0.2) is 6.54 Å². The van der Waals surface area contributed by atoms with E-state index in [0.29, 0.717) is 18.5 Å². The van der Waals surface area contributed by atoms with Crippen LogP contribution in [0.4, 0.5) is 4.39 Å². The molecule has 116 valence electrons. The van der Waals surface area contributed by atoms with Crippen molar-refractivity contribution in [3.8, 4) is 0 Å². The number of hydrogen-bond donors (Lipinski definition) is 2. The Morgan fingerprint density at radius 2 is 1.95 bits per heavy atom. The molecular weight excluding hydrogens is 267 g/mol. The summed E-state index contributed by atoms with van der Waals surface area (Å²) in [7, 11) is 1.99. The van der Waals surface area contributed by atoms with Crippen LogP contribution in [0.15, 0.2) is 24.3 Å². The van der Waals surface area contributed by atoms with E-state index in [0.717, 1.165) is 23.4 Å². The minimum atomic E-state index is -0.222. The van der Waals surface area contributed by atoms with Crippen molar-refractivity contribution in [2.75, 3.05) is 13.6 Å². The third-order valence-corrected chi connectivity index (χ3v) is 4.34. The zero-order valence-electron chi connectivity index (χ0n) is 13.0. The predicted molar refractivity (Wildman–Crippen MR) is 81.4 cm³/mol. The molecule has 3 nitrogen and oxygen atoms in total. The van der Waals surface area contributed by atoms with Crippen molar-refractivity contribution < 1.29 is 14.1 Å². The van der Waals surface area contributed by atoms with E-state index in [1.807, 2.05) is 7.05 Å². The number of likely N-dealkylation sites (N-methyl/N-ethyl adjacent to an activating group) is 1. The van der Waals surface area contributed by atoms with Crippen LogP contribution >= 0.6 is 0 Å². The molecule has 1 saturated carbocycles. The van der Waals surface area contributed by atoms with Gasteiger partial charge in [0.05, 0.1) is 7.05 Å². The number of hydrogen-bond acceptors (Lipinski definition) is 1. The molecule has 1 aromatic carbocycles. The molecule has 1 aliphatic rings. The number of halogens is 1. The molecule has 1 unspecified atom stereocenters. The summed E-state index contributed by atoms with van der Waals surface area (Å²) in [5, 5.41) is 3.17. The second-order valence-electron chi connectivity index (χ2n) is 6.37. The molecule has 4 heteroatoms. The smallest absolute Gasteiger partial charge is 0.275 e. The van der Waals surface area contributed by atoms with Gasteiger partial charge in [-0.25, -0.2) is 4.39 Å². The number of carbonyl (C=O) groups is 1. The third-order valence-electron chi connectivity index (χ3n) is 4.34. The van der Waals surface area contributed by atoms with E-state index in [4.69, 9.17) is 0 Å². The summed E-state index contributed by atoms with van der Waals surface area (Å²) in [5.74, 6) is 0.480. The van der Waals surface area contributed by atoms with Crippen LogP contribution < -0.4 is 10.2 Å². The van der Waals surface area contributed by atoms with Gasteiger partial charge in [0.2, 0.25) is 0 Å². The van der Waals surface area contributed by atoms with Gasteiger partial charge in [0.1, 0.15) is 12.4 Å². The maximum Gasteiger partial charge on any atom is 0.275 e. The van der Waals surface area contributed by atoms with E-state index in [1.165, 1.54) is 31.4 Å². The van der Waals surface area contributed by atoms with Gasteiger partial charge < -0.3 is 10.2 Å². The van der Waals surface area contributed by atoms with Gasteiger partial charge in [-0.3, -0.25) is 4.79 Å². The number of nitrogens with one attached hydrogen (secondary N) is 2. The Hall–Kier alpha value is -1.42. The normalized spacial score (nSPS) is 23.6. The Kier molecular flexibility index (Phi) is 5.74. The third kappa shape index (κ3) is 5.12. The topological polar surface area (TPSA) is 33.5 Å². The Bertz CT molecular complexity index is 460. The van der Waals surface area contributed by atoms with Crippen LogP contribution in [-0.2, 0) is 11.3 Å². The zero-order chi connectivity index (χ0) is 15.2. The van der Waals surface area contributed by atoms with Gasteiger partial charge in [-0.2, -0.15) is 0 Å². The van der Waals surface area contributed by atoms with E-state index in [1.54, 1.807) is 12.1 Å². The van der Waals surface area contributed by atoms with E-state index in [-0.39, 0.29) is 11.7 Å². The Labute approximate surface area is 126 Å². The lowest BCUT2D eigenvalue weighted by Gasteiger charge is -2.29. The molecule has 2 rings (SSSR count). The Morgan fingerprint density at radius 3 is 2.62 bits per heavy atom. The lowest BCUT2D eigenvalue weighted by molar-refractivity contribution is -0.885. The average molecular weight is 293 g/mol. The molecule has 1 aliphatic carbocycles. The van der Waals surface area contributed by atoms with Crippen LogP contribution in [0, 0.1) is 11.7 Å². The molecule has 1 fully saturated rings. The van der Waals surface area contributed by atoms with Crippen molar-refractivity contribution in [1.82, 2.24) is 5.32 Å². The molecule has 0 heterocycles. The fraction of sp³-hybridized carbons (Fsp3) is 0.588. The second kappa shape index (κ2) is 7.55. The molecule has 1 aromatic rings. The average Bonchev–Trinajstić information content (AvgIpc) is 2.44. The van der Waals surface area contributed by atoms with Gasteiger partial charge in [-0.15, -0.1) is 0 Å². The van der Waals surface area contributed by atoms with Crippen LogP contribution in [0.1, 0.15) is 38.2 Å². The Morgan fingerprint density at radius 1 is 1.29 bits per heavy atom. The molecule has 1 amide bonds. The first-order chi connectivity index (χ1) is 10.0. The molecule has 21 heavy (non-hydrogen) atoms. The van der Waals surface area contributed by atoms with Gasteiger partial charge in [0, 0.05) is 11.6 Å². The summed E-state index contributed by atoms with van der Waals surface area (Å²) < 4.78 is 12.9. The quantitative estimate of drug-likeness (QED) is 0.848. The van der Waals surface area contributed by atoms with Crippen LogP contribution in [0.25, 0.3) is 0 Å². The summed E-state index contributed by atoms with van der Waals surface area (Å²) in [6.07, 6.45) is 4.81. The van der Waals surface area contributed by atoms with Crippen molar-refractivity contribution in [3.05, 3.63) is 35.6 Å². The number of amides is 1. The molecular formula is C17H26FN2O+. The standard InChI is InChI=1S/C17H25FN2O/c1-13-5-3-4-6-16(13)19-17(21)12-20(2)11-14-7-9-15(18)10-8-14/h7-10,13,16H,3-6,11-12H2,1-2H3,(H,19,21)/p+1/t13-,16+/m0/s1. The fourth-order valence-corrected chi connectivity index (χ4v) is 3.08. The van der Waals surface area contributed by atoms with Crippen molar-refractivity contribution in [3.63, 3.8) is 0 Å². The highest BCUT2D eigenvalue weighted by Crippen LogP contribution is 2.23. The summed E-state index contributed by atoms with van der Waals surface area (Å²) in [5.41, 5.74) is 1.05. The largest absolute Gasteiger partial charge is 0.348 e. The van der Waals surface area contributed by atoms with Gasteiger partial charge in [0.25, 0.3) is 5.91 Å². The van der Waals surface area contributed by atoms with E-state index >= 15 is 0 Å².